The van der Waals surface area contributed by atoms with Gasteiger partial charge in [0.1, 0.15) is 18.9 Å². The third-order valence-electron chi connectivity index (χ3n) is 2.95. The lowest BCUT2D eigenvalue weighted by Crippen LogP contribution is -2.47. The molecule has 0 aromatic carbocycles. The van der Waals surface area contributed by atoms with Crippen LogP contribution < -0.4 is 5.32 Å². The van der Waals surface area contributed by atoms with Gasteiger partial charge in [-0.25, -0.2) is 4.68 Å². The van der Waals surface area contributed by atoms with Crippen molar-refractivity contribution in [1.82, 2.24) is 30.4 Å². The molecule has 1 N–H and O–H groups in total. The quantitative estimate of drug-likeness (QED) is 0.729. The Hall–Kier alpha value is -1.99. The molecule has 0 saturated carbocycles. The summed E-state index contributed by atoms with van der Waals surface area (Å²) >= 11 is 0. The Kier molecular flexibility index (Phi) is 3.85. The number of nitrogens with one attached hydrogen (secondary N) is 1. The molecule has 0 bridgehead atoms. The molecule has 98 valence electrons. The highest BCUT2D eigenvalue weighted by molar-refractivity contribution is 5.87. The van der Waals surface area contributed by atoms with Crippen LogP contribution in [-0.4, -0.2) is 56.1 Å². The number of carbonyl (C=O) groups excluding carboxylic acids is 2. The maximum Gasteiger partial charge on any atom is 0.245 e. The molecular weight excluding hydrogens is 236 g/mol. The van der Waals surface area contributed by atoms with Gasteiger partial charge < -0.3 is 10.2 Å². The van der Waals surface area contributed by atoms with E-state index in [2.05, 4.69) is 20.8 Å². The third kappa shape index (κ3) is 2.63. The van der Waals surface area contributed by atoms with Crippen molar-refractivity contribution in [2.45, 2.75) is 32.4 Å². The van der Waals surface area contributed by atoms with Gasteiger partial charge in [-0.2, -0.15) is 0 Å². The Bertz CT molecular complexity index is 418. The van der Waals surface area contributed by atoms with Crippen molar-refractivity contribution in [1.29, 1.82) is 0 Å². The van der Waals surface area contributed by atoms with E-state index in [1.807, 2.05) is 6.92 Å². The van der Waals surface area contributed by atoms with E-state index in [0.717, 1.165) is 6.42 Å². The van der Waals surface area contributed by atoms with Gasteiger partial charge in [-0.05, 0) is 23.3 Å². The van der Waals surface area contributed by atoms with Gasteiger partial charge in [0.2, 0.25) is 11.8 Å². The SMILES string of the molecule is CC[C@@H]1C(=O)NCCCN1C(=O)Cn1cnnn1. The number of hydrogen-bond acceptors (Lipinski definition) is 5. The van der Waals surface area contributed by atoms with E-state index in [1.165, 1.54) is 11.0 Å². The third-order valence-corrected chi connectivity index (χ3v) is 2.95. The summed E-state index contributed by atoms with van der Waals surface area (Å²) in [5.41, 5.74) is 0. The van der Waals surface area contributed by atoms with Crippen molar-refractivity contribution in [3.63, 3.8) is 0 Å². The Morgan fingerprint density at radius 2 is 2.44 bits per heavy atom. The van der Waals surface area contributed by atoms with E-state index < -0.39 is 6.04 Å². The van der Waals surface area contributed by atoms with Crippen molar-refractivity contribution in [2.24, 2.45) is 0 Å². The summed E-state index contributed by atoms with van der Waals surface area (Å²) in [6.07, 6.45) is 2.76. The topological polar surface area (TPSA) is 93.0 Å². The van der Waals surface area contributed by atoms with Crippen LogP contribution in [0.3, 0.4) is 0 Å². The Balaban J connectivity index is 2.08. The normalized spacial score (nSPS) is 20.4. The fourth-order valence-corrected chi connectivity index (χ4v) is 2.06. The first-order chi connectivity index (χ1) is 8.72. The van der Waals surface area contributed by atoms with Gasteiger partial charge in [0.05, 0.1) is 0 Å². The summed E-state index contributed by atoms with van der Waals surface area (Å²) in [4.78, 5) is 25.6. The lowest BCUT2D eigenvalue weighted by molar-refractivity contribution is -0.140. The predicted octanol–water partition coefficient (Wildman–Crippen LogP) is -1.20. The van der Waals surface area contributed by atoms with Gasteiger partial charge in [-0.15, -0.1) is 5.10 Å². The van der Waals surface area contributed by atoms with Gasteiger partial charge in [0.25, 0.3) is 0 Å². The van der Waals surface area contributed by atoms with Crippen molar-refractivity contribution in [2.75, 3.05) is 13.1 Å². The number of tetrazole rings is 1. The first-order valence-electron chi connectivity index (χ1n) is 6.00. The summed E-state index contributed by atoms with van der Waals surface area (Å²) in [7, 11) is 0. The fourth-order valence-electron chi connectivity index (χ4n) is 2.06. The van der Waals surface area contributed by atoms with Crippen molar-refractivity contribution < 1.29 is 9.59 Å². The maximum atomic E-state index is 12.2. The van der Waals surface area contributed by atoms with Crippen molar-refractivity contribution >= 4 is 11.8 Å². The second kappa shape index (κ2) is 5.56. The van der Waals surface area contributed by atoms with Gasteiger partial charge in [0, 0.05) is 13.1 Å². The van der Waals surface area contributed by atoms with Crippen LogP contribution in [0.1, 0.15) is 19.8 Å². The lowest BCUT2D eigenvalue weighted by Gasteiger charge is -2.27. The van der Waals surface area contributed by atoms with Crippen LogP contribution >= 0.6 is 0 Å². The van der Waals surface area contributed by atoms with Crippen LogP contribution in [0.5, 0.6) is 0 Å². The zero-order valence-corrected chi connectivity index (χ0v) is 10.2. The summed E-state index contributed by atoms with van der Waals surface area (Å²) < 4.78 is 1.36. The minimum atomic E-state index is -0.392. The number of carbonyl (C=O) groups is 2. The highest BCUT2D eigenvalue weighted by atomic mass is 16.2. The molecule has 2 heterocycles. The molecule has 1 aromatic heterocycles. The number of hydrogen-bond donors (Lipinski definition) is 1. The van der Waals surface area contributed by atoms with Crippen LogP contribution in [0.4, 0.5) is 0 Å². The molecule has 0 unspecified atom stereocenters. The standard InChI is InChI=1S/C10H16N6O2/c1-2-8-10(18)11-4-3-5-16(8)9(17)6-15-7-12-13-14-15/h7-8H,2-6H2,1H3,(H,11,18)/t8-/m1/s1. The lowest BCUT2D eigenvalue weighted by atomic mass is 10.1. The number of aromatic nitrogens is 4. The van der Waals surface area contributed by atoms with Gasteiger partial charge in [-0.3, -0.25) is 9.59 Å². The Morgan fingerprint density at radius 1 is 1.61 bits per heavy atom. The highest BCUT2D eigenvalue weighted by Gasteiger charge is 2.30. The molecule has 0 radical (unpaired) electrons. The second-order valence-corrected chi connectivity index (χ2v) is 4.16. The number of amides is 2. The average molecular weight is 252 g/mol. The van der Waals surface area contributed by atoms with E-state index in [1.54, 1.807) is 4.90 Å². The van der Waals surface area contributed by atoms with E-state index in [-0.39, 0.29) is 18.4 Å². The maximum absolute atomic E-state index is 12.2. The molecule has 1 aromatic rings. The van der Waals surface area contributed by atoms with Crippen molar-refractivity contribution in [3.05, 3.63) is 6.33 Å². The predicted molar refractivity (Wildman–Crippen MR) is 61.2 cm³/mol. The van der Waals surface area contributed by atoms with Gasteiger partial charge >= 0.3 is 0 Å². The first kappa shape index (κ1) is 12.5. The minimum Gasteiger partial charge on any atom is -0.354 e. The molecule has 1 saturated heterocycles. The van der Waals surface area contributed by atoms with E-state index in [0.29, 0.717) is 19.5 Å². The number of nitrogens with zero attached hydrogens (tertiary/aromatic N) is 5. The highest BCUT2D eigenvalue weighted by Crippen LogP contribution is 2.10. The minimum absolute atomic E-state index is 0.0662. The fraction of sp³-hybridized carbons (Fsp3) is 0.700. The summed E-state index contributed by atoms with van der Waals surface area (Å²) in [5, 5.41) is 13.4. The van der Waals surface area contributed by atoms with Crippen LogP contribution in [0.25, 0.3) is 0 Å². The molecule has 0 spiro atoms. The molecule has 8 heteroatoms. The van der Waals surface area contributed by atoms with E-state index in [4.69, 9.17) is 0 Å². The van der Waals surface area contributed by atoms with Gasteiger partial charge in [0.15, 0.2) is 0 Å². The zero-order valence-electron chi connectivity index (χ0n) is 10.2. The monoisotopic (exact) mass is 252 g/mol. The van der Waals surface area contributed by atoms with Crippen LogP contribution in [0.15, 0.2) is 6.33 Å². The summed E-state index contributed by atoms with van der Waals surface area (Å²) in [5.74, 6) is -0.216. The zero-order chi connectivity index (χ0) is 13.0. The summed E-state index contributed by atoms with van der Waals surface area (Å²) in [6, 6.07) is -0.392. The summed E-state index contributed by atoms with van der Waals surface area (Å²) in [6.45, 7) is 3.16. The smallest absolute Gasteiger partial charge is 0.245 e. The Labute approximate surface area is 104 Å². The Morgan fingerprint density at radius 3 is 3.11 bits per heavy atom. The molecule has 1 aliphatic rings. The molecule has 18 heavy (non-hydrogen) atoms. The average Bonchev–Trinajstić information content (AvgIpc) is 2.78. The molecule has 8 nitrogen and oxygen atoms in total. The molecule has 2 rings (SSSR count). The van der Waals surface area contributed by atoms with Crippen LogP contribution in [0, 0.1) is 0 Å². The molecule has 1 aliphatic heterocycles. The van der Waals surface area contributed by atoms with Crippen LogP contribution in [-0.2, 0) is 16.1 Å². The molecule has 0 aliphatic carbocycles. The first-order valence-corrected chi connectivity index (χ1v) is 6.00. The molecular formula is C10H16N6O2. The van der Waals surface area contributed by atoms with Crippen LogP contribution in [0.2, 0.25) is 0 Å². The van der Waals surface area contributed by atoms with Crippen molar-refractivity contribution in [3.8, 4) is 0 Å². The molecule has 1 atom stereocenters. The number of rotatable bonds is 3. The van der Waals surface area contributed by atoms with Gasteiger partial charge in [-0.1, -0.05) is 6.92 Å². The molecule has 1 fully saturated rings. The second-order valence-electron chi connectivity index (χ2n) is 4.16. The van der Waals surface area contributed by atoms with E-state index >= 15 is 0 Å². The van der Waals surface area contributed by atoms with E-state index in [9.17, 15) is 9.59 Å². The molecule has 2 amide bonds. The largest absolute Gasteiger partial charge is 0.354 e.